The Morgan fingerprint density at radius 1 is 1.44 bits per heavy atom. The molecule has 0 radical (unpaired) electrons. The van der Waals surface area contributed by atoms with Gasteiger partial charge in [0.15, 0.2) is 0 Å². The molecule has 0 aliphatic heterocycles. The van der Waals surface area contributed by atoms with Crippen LogP contribution in [0.15, 0.2) is 16.9 Å². The number of anilines is 1. The van der Waals surface area contributed by atoms with Gasteiger partial charge in [-0.15, -0.1) is 0 Å². The van der Waals surface area contributed by atoms with Crippen LogP contribution in [0.25, 0.3) is 0 Å². The number of hydrogen-bond donors (Lipinski definition) is 2. The van der Waals surface area contributed by atoms with E-state index in [4.69, 9.17) is 5.73 Å². The van der Waals surface area contributed by atoms with Gasteiger partial charge in [0.05, 0.1) is 4.47 Å². The fourth-order valence-corrected chi connectivity index (χ4v) is 1.94. The van der Waals surface area contributed by atoms with Crippen molar-refractivity contribution in [3.8, 4) is 0 Å². The largest absolute Gasteiger partial charge is 0.348 e. The van der Waals surface area contributed by atoms with E-state index in [1.54, 1.807) is 12.4 Å². The van der Waals surface area contributed by atoms with Crippen molar-refractivity contribution >= 4 is 21.9 Å². The van der Waals surface area contributed by atoms with Gasteiger partial charge in [0.1, 0.15) is 0 Å². The minimum Gasteiger partial charge on any atom is -0.348 e. The van der Waals surface area contributed by atoms with E-state index >= 15 is 0 Å². The molecule has 5 heteroatoms. The zero-order valence-electron chi connectivity index (χ0n) is 10.00. The molecule has 16 heavy (non-hydrogen) atoms. The van der Waals surface area contributed by atoms with Crippen molar-refractivity contribution in [2.45, 2.75) is 32.7 Å². The van der Waals surface area contributed by atoms with Crippen molar-refractivity contribution in [1.29, 1.82) is 0 Å². The third kappa shape index (κ3) is 4.06. The summed E-state index contributed by atoms with van der Waals surface area (Å²) < 4.78 is 0.872. The molecule has 0 bridgehead atoms. The number of hydrogen-bond acceptors (Lipinski definition) is 4. The Morgan fingerprint density at radius 2 is 2.00 bits per heavy atom. The summed E-state index contributed by atoms with van der Waals surface area (Å²) in [4.78, 5) is 8.39. The molecular weight excluding hydrogens is 268 g/mol. The van der Waals surface area contributed by atoms with E-state index in [1.807, 2.05) is 0 Å². The molecule has 1 heterocycles. The molecule has 4 nitrogen and oxygen atoms in total. The SMILES string of the molecule is CC(C)CC(C)(CN)Nc1ncc(Br)cn1. The molecule has 0 fully saturated rings. The van der Waals surface area contributed by atoms with Crippen LogP contribution in [0.4, 0.5) is 5.95 Å². The summed E-state index contributed by atoms with van der Waals surface area (Å²) >= 11 is 3.30. The highest BCUT2D eigenvalue weighted by Gasteiger charge is 2.24. The molecule has 90 valence electrons. The summed E-state index contributed by atoms with van der Waals surface area (Å²) in [7, 11) is 0. The zero-order valence-corrected chi connectivity index (χ0v) is 11.6. The quantitative estimate of drug-likeness (QED) is 0.873. The Kier molecular flexibility index (Phi) is 4.68. The predicted molar refractivity (Wildman–Crippen MR) is 70.3 cm³/mol. The van der Waals surface area contributed by atoms with Crippen molar-refractivity contribution in [3.05, 3.63) is 16.9 Å². The number of nitrogens with zero attached hydrogens (tertiary/aromatic N) is 2. The highest BCUT2D eigenvalue weighted by molar-refractivity contribution is 9.10. The minimum atomic E-state index is -0.151. The lowest BCUT2D eigenvalue weighted by atomic mass is 9.91. The van der Waals surface area contributed by atoms with Gasteiger partial charge in [-0.05, 0) is 35.2 Å². The average Bonchev–Trinajstić information content (AvgIpc) is 2.20. The molecule has 0 spiro atoms. The van der Waals surface area contributed by atoms with Gasteiger partial charge in [0.2, 0.25) is 5.95 Å². The number of nitrogens with one attached hydrogen (secondary N) is 1. The molecule has 1 unspecified atom stereocenters. The summed E-state index contributed by atoms with van der Waals surface area (Å²) in [6.07, 6.45) is 4.44. The van der Waals surface area contributed by atoms with Gasteiger partial charge in [-0.25, -0.2) is 9.97 Å². The van der Waals surface area contributed by atoms with E-state index in [2.05, 4.69) is 52.0 Å². The molecule has 1 atom stereocenters. The van der Waals surface area contributed by atoms with E-state index in [1.165, 1.54) is 0 Å². The lowest BCUT2D eigenvalue weighted by molar-refractivity contribution is 0.404. The van der Waals surface area contributed by atoms with Crippen LogP contribution < -0.4 is 11.1 Å². The molecule has 0 saturated carbocycles. The van der Waals surface area contributed by atoms with Crippen LogP contribution in [0.1, 0.15) is 27.2 Å². The second kappa shape index (κ2) is 5.59. The normalized spacial score (nSPS) is 14.9. The van der Waals surface area contributed by atoms with E-state index < -0.39 is 0 Å². The van der Waals surface area contributed by atoms with Gasteiger partial charge < -0.3 is 11.1 Å². The van der Waals surface area contributed by atoms with Crippen LogP contribution >= 0.6 is 15.9 Å². The number of aromatic nitrogens is 2. The van der Waals surface area contributed by atoms with E-state index in [9.17, 15) is 0 Å². The van der Waals surface area contributed by atoms with Crippen LogP contribution in [0.5, 0.6) is 0 Å². The molecule has 1 rings (SSSR count). The van der Waals surface area contributed by atoms with Crippen molar-refractivity contribution in [3.63, 3.8) is 0 Å². The average molecular weight is 287 g/mol. The van der Waals surface area contributed by atoms with Crippen molar-refractivity contribution in [2.24, 2.45) is 11.7 Å². The van der Waals surface area contributed by atoms with Crippen molar-refractivity contribution < 1.29 is 0 Å². The topological polar surface area (TPSA) is 63.8 Å². The molecule has 3 N–H and O–H groups in total. The monoisotopic (exact) mass is 286 g/mol. The Balaban J connectivity index is 2.72. The predicted octanol–water partition coefficient (Wildman–Crippen LogP) is 2.41. The van der Waals surface area contributed by atoms with Gasteiger partial charge in [-0.1, -0.05) is 13.8 Å². The second-order valence-corrected chi connectivity index (χ2v) is 5.63. The Hall–Kier alpha value is -0.680. The Labute approximate surface area is 105 Å². The van der Waals surface area contributed by atoms with Crippen LogP contribution in [-0.4, -0.2) is 22.1 Å². The van der Waals surface area contributed by atoms with Gasteiger partial charge in [-0.2, -0.15) is 0 Å². The van der Waals surface area contributed by atoms with E-state index in [0.717, 1.165) is 10.9 Å². The first-order valence-electron chi connectivity index (χ1n) is 5.41. The number of halogens is 1. The molecule has 1 aromatic rings. The maximum Gasteiger partial charge on any atom is 0.223 e. The molecule has 0 aliphatic carbocycles. The molecule has 0 aromatic carbocycles. The van der Waals surface area contributed by atoms with Crippen LogP contribution in [0.2, 0.25) is 0 Å². The summed E-state index contributed by atoms with van der Waals surface area (Å²) in [6.45, 7) is 7.01. The van der Waals surface area contributed by atoms with Gasteiger partial charge >= 0.3 is 0 Å². The molecule has 0 amide bonds. The third-order valence-electron chi connectivity index (χ3n) is 2.34. The van der Waals surface area contributed by atoms with Crippen molar-refractivity contribution in [1.82, 2.24) is 9.97 Å². The zero-order chi connectivity index (χ0) is 12.2. The summed E-state index contributed by atoms with van der Waals surface area (Å²) in [5.41, 5.74) is 5.65. The first kappa shape index (κ1) is 13.4. The number of rotatable bonds is 5. The highest BCUT2D eigenvalue weighted by atomic mass is 79.9. The standard InChI is InChI=1S/C11H19BrN4/c1-8(2)4-11(3,7-13)16-10-14-5-9(12)6-15-10/h5-6,8H,4,7,13H2,1-3H3,(H,14,15,16). The van der Waals surface area contributed by atoms with E-state index in [-0.39, 0.29) is 5.54 Å². The Morgan fingerprint density at radius 3 is 2.44 bits per heavy atom. The van der Waals surface area contributed by atoms with Gasteiger partial charge in [-0.3, -0.25) is 0 Å². The van der Waals surface area contributed by atoms with Crippen LogP contribution in [-0.2, 0) is 0 Å². The lowest BCUT2D eigenvalue weighted by Crippen LogP contribution is -2.44. The molecule has 1 aromatic heterocycles. The highest BCUT2D eigenvalue weighted by Crippen LogP contribution is 2.19. The van der Waals surface area contributed by atoms with Crippen LogP contribution in [0.3, 0.4) is 0 Å². The molecule has 0 aliphatic rings. The van der Waals surface area contributed by atoms with Gasteiger partial charge in [0, 0.05) is 24.5 Å². The van der Waals surface area contributed by atoms with Crippen LogP contribution in [0, 0.1) is 5.92 Å². The third-order valence-corrected chi connectivity index (χ3v) is 2.75. The minimum absolute atomic E-state index is 0.151. The second-order valence-electron chi connectivity index (χ2n) is 4.71. The number of nitrogens with two attached hydrogens (primary N) is 1. The first-order chi connectivity index (χ1) is 7.45. The maximum absolute atomic E-state index is 5.81. The van der Waals surface area contributed by atoms with Crippen molar-refractivity contribution in [2.75, 3.05) is 11.9 Å². The Bertz CT molecular complexity index is 325. The summed E-state index contributed by atoms with van der Waals surface area (Å²) in [5.74, 6) is 1.20. The molecular formula is C11H19BrN4. The van der Waals surface area contributed by atoms with Gasteiger partial charge in [0.25, 0.3) is 0 Å². The fraction of sp³-hybridized carbons (Fsp3) is 0.636. The fourth-order valence-electron chi connectivity index (χ4n) is 1.73. The summed E-state index contributed by atoms with van der Waals surface area (Å²) in [5, 5.41) is 3.30. The maximum atomic E-state index is 5.81. The molecule has 0 saturated heterocycles. The smallest absolute Gasteiger partial charge is 0.223 e. The summed E-state index contributed by atoms with van der Waals surface area (Å²) in [6, 6.07) is 0. The van der Waals surface area contributed by atoms with E-state index in [0.29, 0.717) is 18.4 Å². The first-order valence-corrected chi connectivity index (χ1v) is 6.20. The lowest BCUT2D eigenvalue weighted by Gasteiger charge is -2.31.